The van der Waals surface area contributed by atoms with Crippen LogP contribution >= 0.6 is 0 Å². The lowest BCUT2D eigenvalue weighted by atomic mass is 9.86. The summed E-state index contributed by atoms with van der Waals surface area (Å²) in [6, 6.07) is 7.12. The maximum atomic E-state index is 12.5. The van der Waals surface area contributed by atoms with Gasteiger partial charge in [0.25, 0.3) is 5.91 Å². The summed E-state index contributed by atoms with van der Waals surface area (Å²) in [5.41, 5.74) is 1.70. The molecule has 0 aromatic heterocycles. The molecular formula is C16H21N3O2. The number of nitrogens with one attached hydrogen (secondary N) is 2. The predicted octanol–water partition coefficient (Wildman–Crippen LogP) is 1.47. The normalized spacial score (nSPS) is 24.5. The molecule has 1 aromatic carbocycles. The monoisotopic (exact) mass is 287 g/mol. The molecule has 2 heterocycles. The van der Waals surface area contributed by atoms with Gasteiger partial charge in [-0.2, -0.15) is 0 Å². The average molecular weight is 287 g/mol. The molecule has 2 amide bonds. The number of rotatable bonds is 2. The van der Waals surface area contributed by atoms with Crippen LogP contribution in [0.15, 0.2) is 24.3 Å². The number of amides is 2. The molecule has 0 saturated carbocycles. The summed E-state index contributed by atoms with van der Waals surface area (Å²) in [7, 11) is 0. The largest absolute Gasteiger partial charge is 0.338 e. The van der Waals surface area contributed by atoms with Crippen LogP contribution in [0.1, 0.15) is 30.1 Å². The molecule has 1 spiro atoms. The third-order valence-corrected chi connectivity index (χ3v) is 4.51. The van der Waals surface area contributed by atoms with Crippen molar-refractivity contribution in [1.29, 1.82) is 0 Å². The van der Waals surface area contributed by atoms with Crippen LogP contribution in [0.2, 0.25) is 0 Å². The van der Waals surface area contributed by atoms with Crippen molar-refractivity contribution in [2.75, 3.05) is 31.5 Å². The van der Waals surface area contributed by atoms with Crippen molar-refractivity contribution in [2.24, 2.45) is 5.41 Å². The molecule has 0 aliphatic carbocycles. The fourth-order valence-corrected chi connectivity index (χ4v) is 3.33. The molecule has 2 N–H and O–H groups in total. The van der Waals surface area contributed by atoms with Crippen LogP contribution in [-0.2, 0) is 4.79 Å². The predicted molar refractivity (Wildman–Crippen MR) is 81.2 cm³/mol. The Morgan fingerprint density at radius 3 is 2.62 bits per heavy atom. The highest BCUT2D eigenvalue weighted by atomic mass is 16.2. The quantitative estimate of drug-likeness (QED) is 0.866. The number of carbonyl (C=O) groups excluding carboxylic acids is 2. The minimum atomic E-state index is -0.107. The van der Waals surface area contributed by atoms with Crippen LogP contribution in [0.5, 0.6) is 0 Å². The smallest absolute Gasteiger partial charge is 0.253 e. The number of carbonyl (C=O) groups is 2. The van der Waals surface area contributed by atoms with E-state index < -0.39 is 0 Å². The van der Waals surface area contributed by atoms with Crippen molar-refractivity contribution < 1.29 is 9.59 Å². The van der Waals surface area contributed by atoms with Gasteiger partial charge in [0.2, 0.25) is 5.91 Å². The second-order valence-electron chi connectivity index (χ2n) is 6.16. The van der Waals surface area contributed by atoms with E-state index in [1.807, 2.05) is 4.90 Å². The van der Waals surface area contributed by atoms with Crippen LogP contribution < -0.4 is 10.6 Å². The van der Waals surface area contributed by atoms with Crippen LogP contribution in [-0.4, -0.2) is 42.9 Å². The Labute approximate surface area is 124 Å². The Kier molecular flexibility index (Phi) is 3.68. The van der Waals surface area contributed by atoms with Crippen LogP contribution in [0, 0.1) is 5.41 Å². The lowest BCUT2D eigenvalue weighted by Gasteiger charge is -2.22. The van der Waals surface area contributed by atoms with Crippen LogP contribution in [0.4, 0.5) is 5.69 Å². The van der Waals surface area contributed by atoms with Gasteiger partial charge in [-0.3, -0.25) is 9.59 Å². The molecular weight excluding hydrogens is 266 g/mol. The molecule has 0 bridgehead atoms. The van der Waals surface area contributed by atoms with Crippen molar-refractivity contribution in [1.82, 2.24) is 10.2 Å². The van der Waals surface area contributed by atoms with E-state index in [0.29, 0.717) is 11.0 Å². The lowest BCUT2D eigenvalue weighted by molar-refractivity contribution is -0.114. The van der Waals surface area contributed by atoms with Gasteiger partial charge in [0.1, 0.15) is 0 Å². The number of hydrogen-bond donors (Lipinski definition) is 2. The van der Waals surface area contributed by atoms with Gasteiger partial charge in [-0.1, -0.05) is 0 Å². The fraction of sp³-hybridized carbons (Fsp3) is 0.500. The first-order valence-electron chi connectivity index (χ1n) is 7.46. The van der Waals surface area contributed by atoms with Crippen LogP contribution in [0.3, 0.4) is 0 Å². The van der Waals surface area contributed by atoms with Crippen LogP contribution in [0.25, 0.3) is 0 Å². The molecule has 21 heavy (non-hydrogen) atoms. The van der Waals surface area contributed by atoms with Gasteiger partial charge in [0, 0.05) is 43.2 Å². The Balaban J connectivity index is 1.66. The van der Waals surface area contributed by atoms with E-state index in [4.69, 9.17) is 0 Å². The first-order chi connectivity index (χ1) is 10.1. The minimum absolute atomic E-state index is 0.0909. The maximum absolute atomic E-state index is 12.5. The first-order valence-corrected chi connectivity index (χ1v) is 7.46. The first kappa shape index (κ1) is 14.1. The Hall–Kier alpha value is -1.88. The summed E-state index contributed by atoms with van der Waals surface area (Å²) in [6.45, 7) is 5.25. The van der Waals surface area contributed by atoms with E-state index in [1.54, 1.807) is 24.3 Å². The summed E-state index contributed by atoms with van der Waals surface area (Å²) in [5, 5.41) is 6.11. The zero-order valence-corrected chi connectivity index (χ0v) is 12.3. The minimum Gasteiger partial charge on any atom is -0.338 e. The number of benzene rings is 1. The molecule has 0 radical (unpaired) electrons. The fourth-order valence-electron chi connectivity index (χ4n) is 3.33. The number of nitrogens with zero attached hydrogens (tertiary/aromatic N) is 1. The SMILES string of the molecule is CC(=O)Nc1ccc(C(=O)N2CCC3(CCNC3)C2)cc1. The molecule has 2 saturated heterocycles. The molecule has 2 fully saturated rings. The van der Waals surface area contributed by atoms with Crippen molar-refractivity contribution in [3.8, 4) is 0 Å². The van der Waals surface area contributed by atoms with E-state index in [-0.39, 0.29) is 11.8 Å². The maximum Gasteiger partial charge on any atom is 0.253 e. The van der Waals surface area contributed by atoms with Gasteiger partial charge >= 0.3 is 0 Å². The molecule has 3 rings (SSSR count). The topological polar surface area (TPSA) is 61.4 Å². The zero-order valence-electron chi connectivity index (χ0n) is 12.3. The van der Waals surface area contributed by atoms with Crippen molar-refractivity contribution in [3.05, 3.63) is 29.8 Å². The second-order valence-corrected chi connectivity index (χ2v) is 6.16. The third-order valence-electron chi connectivity index (χ3n) is 4.51. The van der Waals surface area contributed by atoms with Gasteiger partial charge in [0.15, 0.2) is 0 Å². The Morgan fingerprint density at radius 1 is 1.24 bits per heavy atom. The summed E-state index contributed by atoms with van der Waals surface area (Å²) in [6.07, 6.45) is 2.26. The highest BCUT2D eigenvalue weighted by molar-refractivity contribution is 5.95. The van der Waals surface area contributed by atoms with E-state index in [1.165, 1.54) is 6.92 Å². The van der Waals surface area contributed by atoms with Gasteiger partial charge in [-0.25, -0.2) is 0 Å². The number of hydrogen-bond acceptors (Lipinski definition) is 3. The summed E-state index contributed by atoms with van der Waals surface area (Å²) in [4.78, 5) is 25.5. The van der Waals surface area contributed by atoms with E-state index in [2.05, 4.69) is 10.6 Å². The Bertz CT molecular complexity index is 547. The lowest BCUT2D eigenvalue weighted by Crippen LogP contribution is -2.33. The Morgan fingerprint density at radius 2 is 2.00 bits per heavy atom. The zero-order chi connectivity index (χ0) is 14.9. The standard InChI is InChI=1S/C16H21N3O2/c1-12(20)18-14-4-2-13(3-5-14)15(21)19-9-7-16(11-19)6-8-17-10-16/h2-5,17H,6-11H2,1H3,(H,18,20). The van der Waals surface area contributed by atoms with Gasteiger partial charge < -0.3 is 15.5 Å². The van der Waals surface area contributed by atoms with Crippen molar-refractivity contribution in [2.45, 2.75) is 19.8 Å². The average Bonchev–Trinajstić information content (AvgIpc) is 3.09. The number of anilines is 1. The molecule has 5 heteroatoms. The second kappa shape index (κ2) is 5.48. The van der Waals surface area contributed by atoms with E-state index in [9.17, 15) is 9.59 Å². The molecule has 2 aliphatic rings. The molecule has 112 valence electrons. The molecule has 1 unspecified atom stereocenters. The third kappa shape index (κ3) is 2.93. The molecule has 2 aliphatic heterocycles. The number of likely N-dealkylation sites (tertiary alicyclic amines) is 1. The molecule has 5 nitrogen and oxygen atoms in total. The van der Waals surface area contributed by atoms with E-state index >= 15 is 0 Å². The highest BCUT2D eigenvalue weighted by Crippen LogP contribution is 2.36. The molecule has 1 atom stereocenters. The van der Waals surface area contributed by atoms with Crippen molar-refractivity contribution >= 4 is 17.5 Å². The summed E-state index contributed by atoms with van der Waals surface area (Å²) in [5.74, 6) is -0.0163. The summed E-state index contributed by atoms with van der Waals surface area (Å²) < 4.78 is 0. The van der Waals surface area contributed by atoms with Gasteiger partial charge in [-0.05, 0) is 43.7 Å². The molecule has 1 aromatic rings. The van der Waals surface area contributed by atoms with E-state index in [0.717, 1.165) is 44.7 Å². The van der Waals surface area contributed by atoms with Gasteiger partial charge in [0.05, 0.1) is 0 Å². The van der Waals surface area contributed by atoms with Crippen molar-refractivity contribution in [3.63, 3.8) is 0 Å². The van der Waals surface area contributed by atoms with Gasteiger partial charge in [-0.15, -0.1) is 0 Å². The highest BCUT2D eigenvalue weighted by Gasteiger charge is 2.41. The summed E-state index contributed by atoms with van der Waals surface area (Å²) >= 11 is 0.